The van der Waals surface area contributed by atoms with Crippen molar-refractivity contribution in [3.05, 3.63) is 0 Å². The Balaban J connectivity index is 2.21. The van der Waals surface area contributed by atoms with Gasteiger partial charge in [-0.3, -0.25) is 15.0 Å². The summed E-state index contributed by atoms with van der Waals surface area (Å²) in [5, 5.41) is 8.07. The first-order valence-electron chi connectivity index (χ1n) is 6.62. The second-order valence-corrected chi connectivity index (χ2v) is 4.66. The first-order valence-corrected chi connectivity index (χ1v) is 6.62. The largest absolute Gasteiger partial charge is 0.383 e. The van der Waals surface area contributed by atoms with Crippen molar-refractivity contribution in [1.82, 2.24) is 20.9 Å². The average molecular weight is 272 g/mol. The van der Waals surface area contributed by atoms with E-state index in [0.29, 0.717) is 19.2 Å². The molecule has 0 saturated carbocycles. The number of amides is 3. The Kier molecular flexibility index (Phi) is 7.39. The Morgan fingerprint density at radius 1 is 1.42 bits per heavy atom. The van der Waals surface area contributed by atoms with Gasteiger partial charge in [-0.05, 0) is 26.4 Å². The maximum absolute atomic E-state index is 11.7. The lowest BCUT2D eigenvalue weighted by Gasteiger charge is -2.31. The first-order chi connectivity index (χ1) is 9.15. The number of urea groups is 1. The van der Waals surface area contributed by atoms with Crippen LogP contribution in [0.25, 0.3) is 0 Å². The fourth-order valence-corrected chi connectivity index (χ4v) is 2.11. The molecule has 3 amide bonds. The molecule has 0 bridgehead atoms. The van der Waals surface area contributed by atoms with Crippen LogP contribution in [0.4, 0.5) is 4.79 Å². The monoisotopic (exact) mass is 272 g/mol. The minimum absolute atomic E-state index is 0.260. The van der Waals surface area contributed by atoms with Crippen molar-refractivity contribution in [3.63, 3.8) is 0 Å². The Labute approximate surface area is 114 Å². The van der Waals surface area contributed by atoms with Gasteiger partial charge in [-0.25, -0.2) is 4.79 Å². The molecule has 0 aliphatic carbocycles. The highest BCUT2D eigenvalue weighted by Gasteiger charge is 2.20. The van der Waals surface area contributed by atoms with Crippen LogP contribution in [-0.4, -0.2) is 69.8 Å². The van der Waals surface area contributed by atoms with E-state index >= 15 is 0 Å². The molecule has 1 rings (SSSR count). The van der Waals surface area contributed by atoms with Crippen molar-refractivity contribution >= 4 is 11.9 Å². The summed E-state index contributed by atoms with van der Waals surface area (Å²) in [5.41, 5.74) is 0. The molecule has 3 N–H and O–H groups in total. The third-order valence-corrected chi connectivity index (χ3v) is 3.13. The van der Waals surface area contributed by atoms with Gasteiger partial charge in [0, 0.05) is 26.2 Å². The van der Waals surface area contributed by atoms with E-state index in [-0.39, 0.29) is 12.5 Å². The van der Waals surface area contributed by atoms with Gasteiger partial charge >= 0.3 is 6.03 Å². The van der Waals surface area contributed by atoms with E-state index in [1.807, 2.05) is 7.05 Å². The molecule has 7 heteroatoms. The summed E-state index contributed by atoms with van der Waals surface area (Å²) in [7, 11) is 3.48. The van der Waals surface area contributed by atoms with Gasteiger partial charge in [-0.1, -0.05) is 0 Å². The average Bonchev–Trinajstić information content (AvgIpc) is 2.39. The standard InChI is InChI=1S/C12H24N4O3/c1-13-10-4-3-6-16(8-10)9-11(17)15-12(18)14-5-7-19-2/h10,13H,3-9H2,1-2H3,(H2,14,15,17,18). The van der Waals surface area contributed by atoms with E-state index in [2.05, 4.69) is 20.9 Å². The van der Waals surface area contributed by atoms with Crippen LogP contribution in [0.5, 0.6) is 0 Å². The van der Waals surface area contributed by atoms with Crippen LogP contribution in [-0.2, 0) is 9.53 Å². The normalized spacial score (nSPS) is 20.0. The van der Waals surface area contributed by atoms with Crippen molar-refractivity contribution in [2.24, 2.45) is 0 Å². The molecular weight excluding hydrogens is 248 g/mol. The van der Waals surface area contributed by atoms with Crippen molar-refractivity contribution in [2.45, 2.75) is 18.9 Å². The number of ether oxygens (including phenoxy) is 1. The number of carbonyl (C=O) groups excluding carboxylic acids is 2. The molecule has 1 fully saturated rings. The number of imide groups is 1. The predicted octanol–water partition coefficient (Wildman–Crippen LogP) is -0.858. The van der Waals surface area contributed by atoms with Crippen LogP contribution in [0.1, 0.15) is 12.8 Å². The van der Waals surface area contributed by atoms with Gasteiger partial charge in [-0.15, -0.1) is 0 Å². The maximum Gasteiger partial charge on any atom is 0.321 e. The number of nitrogens with zero attached hydrogens (tertiary/aromatic N) is 1. The summed E-state index contributed by atoms with van der Waals surface area (Å²) in [4.78, 5) is 25.1. The zero-order chi connectivity index (χ0) is 14.1. The van der Waals surface area contributed by atoms with Crippen molar-refractivity contribution in [2.75, 3.05) is 46.9 Å². The van der Waals surface area contributed by atoms with E-state index in [1.165, 1.54) is 0 Å². The topological polar surface area (TPSA) is 82.7 Å². The van der Waals surface area contributed by atoms with Gasteiger partial charge in [0.25, 0.3) is 0 Å². The van der Waals surface area contributed by atoms with E-state index in [4.69, 9.17) is 4.74 Å². The van der Waals surface area contributed by atoms with Crippen LogP contribution in [0, 0.1) is 0 Å². The van der Waals surface area contributed by atoms with Crippen molar-refractivity contribution < 1.29 is 14.3 Å². The maximum atomic E-state index is 11.7. The number of rotatable bonds is 6. The molecule has 1 unspecified atom stereocenters. The van der Waals surface area contributed by atoms with E-state index in [0.717, 1.165) is 25.9 Å². The quantitative estimate of drug-likeness (QED) is 0.548. The number of nitrogens with one attached hydrogen (secondary N) is 3. The number of methoxy groups -OCH3 is 1. The van der Waals surface area contributed by atoms with Crippen LogP contribution in [0.2, 0.25) is 0 Å². The Hall–Kier alpha value is -1.18. The van der Waals surface area contributed by atoms with E-state index in [9.17, 15) is 9.59 Å². The lowest BCUT2D eigenvalue weighted by molar-refractivity contribution is -0.121. The lowest BCUT2D eigenvalue weighted by Crippen LogP contribution is -2.50. The molecule has 0 aromatic rings. The van der Waals surface area contributed by atoms with E-state index in [1.54, 1.807) is 7.11 Å². The van der Waals surface area contributed by atoms with Crippen LogP contribution in [0.3, 0.4) is 0 Å². The second-order valence-electron chi connectivity index (χ2n) is 4.66. The molecule has 7 nitrogen and oxygen atoms in total. The molecule has 0 aromatic carbocycles. The van der Waals surface area contributed by atoms with Gasteiger partial charge < -0.3 is 15.4 Å². The fourth-order valence-electron chi connectivity index (χ4n) is 2.11. The van der Waals surface area contributed by atoms with Gasteiger partial charge in [0.05, 0.1) is 13.2 Å². The smallest absolute Gasteiger partial charge is 0.321 e. The SMILES string of the molecule is CNC1CCCN(CC(=O)NC(=O)NCCOC)C1. The summed E-state index contributed by atoms with van der Waals surface area (Å²) in [5.74, 6) is -0.272. The molecule has 0 spiro atoms. The third-order valence-electron chi connectivity index (χ3n) is 3.13. The lowest BCUT2D eigenvalue weighted by atomic mass is 10.1. The predicted molar refractivity (Wildman–Crippen MR) is 71.9 cm³/mol. The second kappa shape index (κ2) is 8.84. The Morgan fingerprint density at radius 2 is 2.21 bits per heavy atom. The summed E-state index contributed by atoms with van der Waals surface area (Å²) in [6, 6.07) is -0.0405. The molecule has 0 aromatic heterocycles. The summed E-state index contributed by atoms with van der Waals surface area (Å²) in [6.45, 7) is 2.82. The Bertz CT molecular complexity index is 299. The van der Waals surface area contributed by atoms with E-state index < -0.39 is 6.03 Å². The summed E-state index contributed by atoms with van der Waals surface area (Å²) < 4.78 is 4.80. The highest BCUT2D eigenvalue weighted by Crippen LogP contribution is 2.08. The molecule has 0 radical (unpaired) electrons. The van der Waals surface area contributed by atoms with Crippen molar-refractivity contribution in [1.29, 1.82) is 0 Å². The van der Waals surface area contributed by atoms with Gasteiger partial charge in [-0.2, -0.15) is 0 Å². The third kappa shape index (κ3) is 6.51. The zero-order valence-electron chi connectivity index (χ0n) is 11.7. The number of hydrogen-bond acceptors (Lipinski definition) is 5. The van der Waals surface area contributed by atoms with Crippen molar-refractivity contribution in [3.8, 4) is 0 Å². The van der Waals surface area contributed by atoms with Crippen LogP contribution < -0.4 is 16.0 Å². The number of carbonyl (C=O) groups is 2. The highest BCUT2D eigenvalue weighted by atomic mass is 16.5. The highest BCUT2D eigenvalue weighted by molar-refractivity contribution is 5.95. The van der Waals surface area contributed by atoms with Gasteiger partial charge in [0.1, 0.15) is 0 Å². The molecule has 1 heterocycles. The first kappa shape index (κ1) is 15.9. The fraction of sp³-hybridized carbons (Fsp3) is 0.833. The minimum atomic E-state index is -0.468. The molecule has 110 valence electrons. The molecular formula is C12H24N4O3. The number of piperidine rings is 1. The van der Waals surface area contributed by atoms with Gasteiger partial charge in [0.2, 0.25) is 5.91 Å². The number of likely N-dealkylation sites (N-methyl/N-ethyl adjacent to an activating group) is 1. The molecule has 1 aliphatic heterocycles. The van der Waals surface area contributed by atoms with Gasteiger partial charge in [0.15, 0.2) is 0 Å². The summed E-state index contributed by atoms with van der Waals surface area (Å²) >= 11 is 0. The number of hydrogen-bond donors (Lipinski definition) is 3. The molecule has 1 aliphatic rings. The number of likely N-dealkylation sites (tertiary alicyclic amines) is 1. The Morgan fingerprint density at radius 3 is 2.89 bits per heavy atom. The molecule has 1 atom stereocenters. The molecule has 19 heavy (non-hydrogen) atoms. The minimum Gasteiger partial charge on any atom is -0.383 e. The van der Waals surface area contributed by atoms with Crippen LogP contribution >= 0.6 is 0 Å². The van der Waals surface area contributed by atoms with Crippen LogP contribution in [0.15, 0.2) is 0 Å². The summed E-state index contributed by atoms with van der Waals surface area (Å²) in [6.07, 6.45) is 2.20. The zero-order valence-corrected chi connectivity index (χ0v) is 11.7. The molecule has 1 saturated heterocycles.